The molecule has 1 aliphatic heterocycles. The molecule has 0 saturated carbocycles. The van der Waals surface area contributed by atoms with E-state index < -0.39 is 5.97 Å². The van der Waals surface area contributed by atoms with Gasteiger partial charge in [0.05, 0.1) is 18.8 Å². The molecule has 1 heterocycles. The summed E-state index contributed by atoms with van der Waals surface area (Å²) in [7, 11) is 0. The van der Waals surface area contributed by atoms with Crippen molar-refractivity contribution in [2.24, 2.45) is 0 Å². The van der Waals surface area contributed by atoms with Gasteiger partial charge in [0, 0.05) is 0 Å². The third-order valence-corrected chi connectivity index (χ3v) is 3.08. The molecule has 6 nitrogen and oxygen atoms in total. The zero-order valence-electron chi connectivity index (χ0n) is 11.4. The van der Waals surface area contributed by atoms with Crippen LogP contribution in [0.4, 0.5) is 5.69 Å². The summed E-state index contributed by atoms with van der Waals surface area (Å²) in [6.07, 6.45) is 0.955. The number of aromatic carboxylic acids is 1. The van der Waals surface area contributed by atoms with Crippen LogP contribution in [0.15, 0.2) is 18.2 Å². The fourth-order valence-corrected chi connectivity index (χ4v) is 2.14. The Hall–Kier alpha value is -2.08. The molecule has 1 aromatic carbocycles. The number of para-hydroxylation sites is 1. The number of anilines is 1. The molecule has 0 fully saturated rings. The monoisotopic (exact) mass is 278 g/mol. The highest BCUT2D eigenvalue weighted by Gasteiger charge is 2.27. The summed E-state index contributed by atoms with van der Waals surface area (Å²) < 4.78 is 5.43. The highest BCUT2D eigenvalue weighted by Crippen LogP contribution is 2.34. The molecule has 0 saturated heterocycles. The maximum absolute atomic E-state index is 12.2. The van der Waals surface area contributed by atoms with Crippen molar-refractivity contribution < 1.29 is 19.4 Å². The van der Waals surface area contributed by atoms with E-state index in [1.807, 2.05) is 6.92 Å². The van der Waals surface area contributed by atoms with Crippen molar-refractivity contribution >= 4 is 17.6 Å². The number of carbonyl (C=O) groups excluding carboxylic acids is 1. The van der Waals surface area contributed by atoms with Crippen molar-refractivity contribution in [2.75, 3.05) is 31.1 Å². The van der Waals surface area contributed by atoms with E-state index in [9.17, 15) is 9.59 Å². The Kier molecular flexibility index (Phi) is 4.57. The van der Waals surface area contributed by atoms with Crippen molar-refractivity contribution in [1.29, 1.82) is 0 Å². The van der Waals surface area contributed by atoms with Crippen LogP contribution in [0.2, 0.25) is 0 Å². The molecule has 1 aliphatic rings. The lowest BCUT2D eigenvalue weighted by Crippen LogP contribution is -2.43. The summed E-state index contributed by atoms with van der Waals surface area (Å²) in [5, 5.41) is 12.2. The Balaban J connectivity index is 2.22. The quantitative estimate of drug-likeness (QED) is 0.789. The summed E-state index contributed by atoms with van der Waals surface area (Å²) in [5.74, 6) is -0.860. The smallest absolute Gasteiger partial charge is 0.339 e. The molecule has 0 spiro atoms. The molecular formula is C14H18N2O4. The van der Waals surface area contributed by atoms with Gasteiger partial charge in [-0.15, -0.1) is 0 Å². The lowest BCUT2D eigenvalue weighted by molar-refractivity contribution is -0.118. The fraction of sp³-hybridized carbons (Fsp3) is 0.429. The fourth-order valence-electron chi connectivity index (χ4n) is 2.14. The molecule has 108 valence electrons. The highest BCUT2D eigenvalue weighted by molar-refractivity contribution is 6.00. The van der Waals surface area contributed by atoms with Gasteiger partial charge < -0.3 is 20.1 Å². The summed E-state index contributed by atoms with van der Waals surface area (Å²) >= 11 is 0. The normalized spacial score (nSPS) is 13.6. The zero-order valence-corrected chi connectivity index (χ0v) is 11.4. The number of fused-ring (bicyclic) bond motifs is 1. The molecule has 0 unspecified atom stereocenters. The van der Waals surface area contributed by atoms with Crippen molar-refractivity contribution in [1.82, 2.24) is 5.32 Å². The summed E-state index contributed by atoms with van der Waals surface area (Å²) in [5.41, 5.74) is 0.612. The van der Waals surface area contributed by atoms with Gasteiger partial charge >= 0.3 is 5.97 Å². The molecule has 0 aliphatic carbocycles. The van der Waals surface area contributed by atoms with Crippen molar-refractivity contribution in [3.63, 3.8) is 0 Å². The lowest BCUT2D eigenvalue weighted by Gasteiger charge is -2.30. The number of amides is 1. The summed E-state index contributed by atoms with van der Waals surface area (Å²) in [6, 6.07) is 4.81. The first-order chi connectivity index (χ1) is 9.65. The molecular weight excluding hydrogens is 260 g/mol. The van der Waals surface area contributed by atoms with Crippen LogP contribution in [-0.4, -0.2) is 43.2 Å². The van der Waals surface area contributed by atoms with E-state index in [1.165, 1.54) is 6.07 Å². The Bertz CT molecular complexity index is 516. The minimum absolute atomic E-state index is 0.0782. The first-order valence-electron chi connectivity index (χ1n) is 6.65. The van der Waals surface area contributed by atoms with Gasteiger partial charge in [0.2, 0.25) is 5.91 Å². The second-order valence-corrected chi connectivity index (χ2v) is 4.53. The summed E-state index contributed by atoms with van der Waals surface area (Å²) in [6.45, 7) is 3.78. The Morgan fingerprint density at radius 3 is 2.95 bits per heavy atom. The van der Waals surface area contributed by atoms with E-state index in [0.29, 0.717) is 18.8 Å². The van der Waals surface area contributed by atoms with Crippen molar-refractivity contribution in [3.8, 4) is 5.75 Å². The molecule has 0 atom stereocenters. The minimum Gasteiger partial charge on any atom is -0.489 e. The Morgan fingerprint density at radius 2 is 2.25 bits per heavy atom. The summed E-state index contributed by atoms with van der Waals surface area (Å²) in [4.78, 5) is 24.9. The molecule has 2 N–H and O–H groups in total. The second kappa shape index (κ2) is 6.38. The van der Waals surface area contributed by atoms with E-state index >= 15 is 0 Å². The number of rotatable bonds is 5. The van der Waals surface area contributed by atoms with Crippen LogP contribution < -0.4 is 15.0 Å². The number of ether oxygens (including phenoxy) is 1. The molecule has 1 amide bonds. The number of hydrogen-bond donors (Lipinski definition) is 2. The number of carboxylic acids is 1. The molecule has 0 radical (unpaired) electrons. The van der Waals surface area contributed by atoms with Crippen molar-refractivity contribution in [2.45, 2.75) is 13.3 Å². The third kappa shape index (κ3) is 2.91. The number of benzene rings is 1. The minimum atomic E-state index is -1.06. The van der Waals surface area contributed by atoms with Gasteiger partial charge in [-0.3, -0.25) is 4.79 Å². The second-order valence-electron chi connectivity index (χ2n) is 4.53. The van der Waals surface area contributed by atoms with Gasteiger partial charge in [-0.05, 0) is 25.1 Å². The van der Waals surface area contributed by atoms with Crippen LogP contribution in [0.1, 0.15) is 23.7 Å². The maximum Gasteiger partial charge on any atom is 0.339 e. The highest BCUT2D eigenvalue weighted by atomic mass is 16.5. The van der Waals surface area contributed by atoms with Crippen LogP contribution in [0.5, 0.6) is 5.75 Å². The van der Waals surface area contributed by atoms with Crippen LogP contribution >= 0.6 is 0 Å². The van der Waals surface area contributed by atoms with Crippen LogP contribution in [0.3, 0.4) is 0 Å². The Labute approximate surface area is 117 Å². The zero-order chi connectivity index (χ0) is 14.5. The van der Waals surface area contributed by atoms with Gasteiger partial charge in [0.15, 0.2) is 5.75 Å². The van der Waals surface area contributed by atoms with Crippen LogP contribution in [0, 0.1) is 0 Å². The molecule has 20 heavy (non-hydrogen) atoms. The molecule has 2 rings (SSSR count). The van der Waals surface area contributed by atoms with Gasteiger partial charge in [-0.1, -0.05) is 13.0 Å². The maximum atomic E-state index is 12.2. The Morgan fingerprint density at radius 1 is 1.45 bits per heavy atom. The predicted molar refractivity (Wildman–Crippen MR) is 74.4 cm³/mol. The van der Waals surface area contributed by atoms with Gasteiger partial charge in [-0.2, -0.15) is 0 Å². The first kappa shape index (κ1) is 14.3. The molecule has 0 aromatic heterocycles. The van der Waals surface area contributed by atoms with Gasteiger partial charge in [0.25, 0.3) is 0 Å². The largest absolute Gasteiger partial charge is 0.489 e. The SMILES string of the molecule is CCCNCC(=O)N1CCOc2c(C(=O)O)cccc21. The van der Waals surface area contributed by atoms with Gasteiger partial charge in [-0.25, -0.2) is 4.79 Å². The first-order valence-corrected chi connectivity index (χ1v) is 6.65. The van der Waals surface area contributed by atoms with Crippen LogP contribution in [0.25, 0.3) is 0 Å². The van der Waals surface area contributed by atoms with E-state index in [1.54, 1.807) is 17.0 Å². The van der Waals surface area contributed by atoms with Crippen LogP contribution in [-0.2, 0) is 4.79 Å². The number of carbonyl (C=O) groups is 2. The molecule has 1 aromatic rings. The standard InChI is InChI=1S/C14H18N2O4/c1-2-6-15-9-12(17)16-7-8-20-13-10(14(18)19)4-3-5-11(13)16/h3-5,15H,2,6-9H2,1H3,(H,18,19). The number of carboxylic acid groups (broad SMARTS) is 1. The van der Waals surface area contributed by atoms with E-state index in [2.05, 4.69) is 5.32 Å². The predicted octanol–water partition coefficient (Wildman–Crippen LogP) is 1.11. The number of hydrogen-bond acceptors (Lipinski definition) is 4. The number of nitrogens with zero attached hydrogens (tertiary/aromatic N) is 1. The van der Waals surface area contributed by atoms with Gasteiger partial charge in [0.1, 0.15) is 12.2 Å². The van der Waals surface area contributed by atoms with E-state index in [-0.39, 0.29) is 23.8 Å². The third-order valence-electron chi connectivity index (χ3n) is 3.08. The van der Waals surface area contributed by atoms with E-state index in [0.717, 1.165) is 13.0 Å². The molecule has 0 bridgehead atoms. The lowest BCUT2D eigenvalue weighted by atomic mass is 10.1. The van der Waals surface area contributed by atoms with Crippen molar-refractivity contribution in [3.05, 3.63) is 23.8 Å². The van der Waals surface area contributed by atoms with E-state index in [4.69, 9.17) is 9.84 Å². The average molecular weight is 278 g/mol. The number of nitrogens with one attached hydrogen (secondary N) is 1. The average Bonchev–Trinajstić information content (AvgIpc) is 2.46. The molecule has 6 heteroatoms. The topological polar surface area (TPSA) is 78.9 Å².